The van der Waals surface area contributed by atoms with Gasteiger partial charge in [-0.05, 0) is 24.6 Å². The molecule has 5 heteroatoms. The molecule has 0 amide bonds. The van der Waals surface area contributed by atoms with Crippen molar-refractivity contribution in [1.29, 1.82) is 0 Å². The molecular weight excluding hydrogens is 261 g/mol. The first-order valence-corrected chi connectivity index (χ1v) is 5.81. The number of aryl methyl sites for hydroxylation is 1. The van der Waals surface area contributed by atoms with Gasteiger partial charge in [0.1, 0.15) is 5.56 Å². The number of benzene rings is 1. The van der Waals surface area contributed by atoms with Crippen molar-refractivity contribution in [3.63, 3.8) is 0 Å². The Hall–Kier alpha value is -1.32. The fourth-order valence-electron chi connectivity index (χ4n) is 1.72. The zero-order chi connectivity index (χ0) is 12.6. The molecule has 2 rings (SSSR count). The number of carboxylic acids is 1. The summed E-state index contributed by atoms with van der Waals surface area (Å²) in [5.41, 5.74) is 1.16. The van der Waals surface area contributed by atoms with Gasteiger partial charge < -0.3 is 5.11 Å². The second-order valence-corrected chi connectivity index (χ2v) is 4.38. The number of hydrogen-bond donors (Lipinski definition) is 1. The van der Waals surface area contributed by atoms with Crippen LogP contribution in [0.25, 0.3) is 10.9 Å². The first-order valence-electron chi connectivity index (χ1n) is 5.05. The van der Waals surface area contributed by atoms with Gasteiger partial charge in [-0.15, -0.1) is 0 Å². The summed E-state index contributed by atoms with van der Waals surface area (Å²) in [6.07, 6.45) is 0.504. The summed E-state index contributed by atoms with van der Waals surface area (Å²) in [5.74, 6) is -1.06. The van der Waals surface area contributed by atoms with Crippen molar-refractivity contribution in [3.8, 4) is 0 Å². The maximum Gasteiger partial charge on any atom is 0.339 e. The van der Waals surface area contributed by atoms with Crippen LogP contribution >= 0.6 is 23.2 Å². The third-order valence-corrected chi connectivity index (χ3v) is 3.14. The summed E-state index contributed by atoms with van der Waals surface area (Å²) in [7, 11) is 0. The lowest BCUT2D eigenvalue weighted by Gasteiger charge is -2.09. The Morgan fingerprint density at radius 2 is 2.12 bits per heavy atom. The molecule has 0 bridgehead atoms. The number of rotatable bonds is 2. The minimum atomic E-state index is -1.06. The molecule has 0 fully saturated rings. The number of fused-ring (bicyclic) bond motifs is 1. The highest BCUT2D eigenvalue weighted by atomic mass is 35.5. The van der Waals surface area contributed by atoms with E-state index < -0.39 is 5.97 Å². The molecule has 0 aliphatic carbocycles. The molecule has 1 N–H and O–H groups in total. The Morgan fingerprint density at radius 1 is 1.41 bits per heavy atom. The predicted octanol–water partition coefficient (Wildman–Crippen LogP) is 3.80. The van der Waals surface area contributed by atoms with Gasteiger partial charge in [0.2, 0.25) is 0 Å². The average molecular weight is 270 g/mol. The fraction of sp³-hybridized carbons (Fsp3) is 0.167. The van der Waals surface area contributed by atoms with E-state index in [1.54, 1.807) is 18.2 Å². The van der Waals surface area contributed by atoms with E-state index in [-0.39, 0.29) is 10.6 Å². The van der Waals surface area contributed by atoms with E-state index in [1.165, 1.54) is 0 Å². The summed E-state index contributed by atoms with van der Waals surface area (Å²) in [6.45, 7) is 1.83. The molecule has 0 aliphatic rings. The predicted molar refractivity (Wildman–Crippen MR) is 68.1 cm³/mol. The van der Waals surface area contributed by atoms with Crippen LogP contribution in [0.2, 0.25) is 10.0 Å². The number of aromatic nitrogens is 1. The quantitative estimate of drug-likeness (QED) is 0.902. The molecule has 1 aromatic carbocycles. The highest BCUT2D eigenvalue weighted by Crippen LogP contribution is 2.30. The van der Waals surface area contributed by atoms with Crippen molar-refractivity contribution in [2.24, 2.45) is 0 Å². The van der Waals surface area contributed by atoms with Gasteiger partial charge in [-0.3, -0.25) is 4.98 Å². The fourth-order valence-corrected chi connectivity index (χ4v) is 2.23. The molecule has 17 heavy (non-hydrogen) atoms. The monoisotopic (exact) mass is 269 g/mol. The SMILES string of the molecule is CCc1nc2cc(Cl)ccc2c(Cl)c1C(=O)O. The third-order valence-electron chi connectivity index (χ3n) is 2.51. The second kappa shape index (κ2) is 4.51. The lowest BCUT2D eigenvalue weighted by atomic mass is 10.1. The molecule has 0 radical (unpaired) electrons. The summed E-state index contributed by atoms with van der Waals surface area (Å²) in [5, 5.41) is 10.5. The van der Waals surface area contributed by atoms with E-state index in [1.807, 2.05) is 6.92 Å². The van der Waals surface area contributed by atoms with Crippen LogP contribution in [0.15, 0.2) is 18.2 Å². The maximum absolute atomic E-state index is 11.2. The van der Waals surface area contributed by atoms with E-state index >= 15 is 0 Å². The zero-order valence-corrected chi connectivity index (χ0v) is 10.5. The van der Waals surface area contributed by atoms with Crippen LogP contribution in [0.5, 0.6) is 0 Å². The third kappa shape index (κ3) is 2.08. The van der Waals surface area contributed by atoms with Gasteiger partial charge in [0.25, 0.3) is 0 Å². The summed E-state index contributed by atoms with van der Waals surface area (Å²) >= 11 is 12.0. The highest BCUT2D eigenvalue weighted by Gasteiger charge is 2.18. The van der Waals surface area contributed by atoms with E-state index in [2.05, 4.69) is 4.98 Å². The van der Waals surface area contributed by atoms with Gasteiger partial charge >= 0.3 is 5.97 Å². The molecule has 0 aliphatic heterocycles. The molecule has 0 saturated carbocycles. The molecule has 0 saturated heterocycles. The van der Waals surface area contributed by atoms with Gasteiger partial charge in [0.15, 0.2) is 0 Å². The largest absolute Gasteiger partial charge is 0.478 e. The van der Waals surface area contributed by atoms with E-state index in [9.17, 15) is 4.79 Å². The van der Waals surface area contributed by atoms with Crippen LogP contribution in [0.1, 0.15) is 23.0 Å². The highest BCUT2D eigenvalue weighted by molar-refractivity contribution is 6.38. The number of nitrogens with zero attached hydrogens (tertiary/aromatic N) is 1. The minimum absolute atomic E-state index is 0.0731. The molecule has 2 aromatic rings. The number of halogens is 2. The number of pyridine rings is 1. The molecule has 1 heterocycles. The van der Waals surface area contributed by atoms with E-state index in [0.717, 1.165) is 0 Å². The van der Waals surface area contributed by atoms with Crippen molar-refractivity contribution in [1.82, 2.24) is 4.98 Å². The lowest BCUT2D eigenvalue weighted by molar-refractivity contribution is 0.0695. The van der Waals surface area contributed by atoms with Crippen LogP contribution in [0.3, 0.4) is 0 Å². The summed E-state index contributed by atoms with van der Waals surface area (Å²) in [6, 6.07) is 5.02. The smallest absolute Gasteiger partial charge is 0.339 e. The summed E-state index contributed by atoms with van der Waals surface area (Å²) in [4.78, 5) is 15.4. The number of hydrogen-bond acceptors (Lipinski definition) is 2. The van der Waals surface area contributed by atoms with Crippen LogP contribution in [0, 0.1) is 0 Å². The van der Waals surface area contributed by atoms with E-state index in [4.69, 9.17) is 28.3 Å². The molecular formula is C12H9Cl2NO2. The van der Waals surface area contributed by atoms with Crippen molar-refractivity contribution in [3.05, 3.63) is 39.5 Å². The number of aromatic carboxylic acids is 1. The van der Waals surface area contributed by atoms with Crippen LogP contribution < -0.4 is 0 Å². The van der Waals surface area contributed by atoms with Crippen molar-refractivity contribution in [2.75, 3.05) is 0 Å². The Morgan fingerprint density at radius 3 is 2.71 bits per heavy atom. The van der Waals surface area contributed by atoms with Crippen molar-refractivity contribution in [2.45, 2.75) is 13.3 Å². The normalized spacial score (nSPS) is 10.8. The van der Waals surface area contributed by atoms with E-state index in [0.29, 0.717) is 28.0 Å². The second-order valence-electron chi connectivity index (χ2n) is 3.57. The van der Waals surface area contributed by atoms with Gasteiger partial charge in [-0.2, -0.15) is 0 Å². The lowest BCUT2D eigenvalue weighted by Crippen LogP contribution is -2.06. The Bertz CT molecular complexity index is 611. The Kier molecular flexibility index (Phi) is 3.22. The first kappa shape index (κ1) is 12.1. The molecule has 0 unspecified atom stereocenters. The van der Waals surface area contributed by atoms with Gasteiger partial charge in [-0.1, -0.05) is 30.1 Å². The molecule has 0 spiro atoms. The number of carboxylic acid groups (broad SMARTS) is 1. The maximum atomic E-state index is 11.2. The molecule has 3 nitrogen and oxygen atoms in total. The standard InChI is InChI=1S/C12H9Cl2NO2/c1-2-8-10(12(16)17)11(14)7-4-3-6(13)5-9(7)15-8/h3-5H,2H2,1H3,(H,16,17). The Labute approximate surface area is 108 Å². The van der Waals surface area contributed by atoms with Gasteiger partial charge in [0.05, 0.1) is 16.2 Å². The first-order chi connectivity index (χ1) is 8.04. The summed E-state index contributed by atoms with van der Waals surface area (Å²) < 4.78 is 0. The molecule has 1 aromatic heterocycles. The average Bonchev–Trinajstić information content (AvgIpc) is 2.27. The van der Waals surface area contributed by atoms with Crippen molar-refractivity contribution >= 4 is 40.1 Å². The van der Waals surface area contributed by atoms with Crippen LogP contribution in [-0.4, -0.2) is 16.1 Å². The van der Waals surface area contributed by atoms with Crippen LogP contribution in [-0.2, 0) is 6.42 Å². The molecule has 88 valence electrons. The Balaban J connectivity index is 2.87. The van der Waals surface area contributed by atoms with Gasteiger partial charge in [0, 0.05) is 10.4 Å². The molecule has 0 atom stereocenters. The van der Waals surface area contributed by atoms with Gasteiger partial charge in [-0.25, -0.2) is 4.79 Å². The minimum Gasteiger partial charge on any atom is -0.478 e. The topological polar surface area (TPSA) is 50.2 Å². The van der Waals surface area contributed by atoms with Crippen LogP contribution in [0.4, 0.5) is 0 Å². The zero-order valence-electron chi connectivity index (χ0n) is 9.00. The van der Waals surface area contributed by atoms with Crippen molar-refractivity contribution < 1.29 is 9.90 Å². The number of carbonyl (C=O) groups is 1.